The van der Waals surface area contributed by atoms with Crippen molar-refractivity contribution >= 4 is 5.69 Å². The van der Waals surface area contributed by atoms with E-state index in [0.717, 1.165) is 17.9 Å². The van der Waals surface area contributed by atoms with Crippen LogP contribution in [0.25, 0.3) is 0 Å². The fraction of sp³-hybridized carbons (Fsp3) is 0.250. The normalized spacial score (nSPS) is 24.8. The highest BCUT2D eigenvalue weighted by Crippen LogP contribution is 2.39. The van der Waals surface area contributed by atoms with E-state index >= 15 is 0 Å². The summed E-state index contributed by atoms with van der Waals surface area (Å²) >= 11 is 0. The van der Waals surface area contributed by atoms with E-state index in [0.29, 0.717) is 0 Å². The number of anilines is 1. The molecule has 2 atom stereocenters. The number of nitrogens with one attached hydrogen (secondary N) is 2. The summed E-state index contributed by atoms with van der Waals surface area (Å²) < 4.78 is 0. The zero-order chi connectivity index (χ0) is 13.8. The van der Waals surface area contributed by atoms with Gasteiger partial charge in [0.2, 0.25) is 0 Å². The van der Waals surface area contributed by atoms with E-state index in [9.17, 15) is 0 Å². The van der Waals surface area contributed by atoms with Gasteiger partial charge in [0.1, 0.15) is 0 Å². The second kappa shape index (κ2) is 5.33. The highest BCUT2D eigenvalue weighted by molar-refractivity contribution is 5.43. The maximum absolute atomic E-state index is 4.24. The van der Waals surface area contributed by atoms with Crippen LogP contribution in [0.2, 0.25) is 0 Å². The molecule has 1 aromatic carbocycles. The number of hydrogen-bond donors (Lipinski definition) is 2. The summed E-state index contributed by atoms with van der Waals surface area (Å²) in [6.07, 6.45) is 10.4. The van der Waals surface area contributed by atoms with E-state index in [-0.39, 0.29) is 11.3 Å². The summed E-state index contributed by atoms with van der Waals surface area (Å²) in [6.45, 7) is 3.08. The van der Waals surface area contributed by atoms with Crippen LogP contribution in [0.5, 0.6) is 0 Å². The van der Waals surface area contributed by atoms with Crippen LogP contribution in [0.4, 0.5) is 5.69 Å². The van der Waals surface area contributed by atoms with Gasteiger partial charge < -0.3 is 5.32 Å². The van der Waals surface area contributed by atoms with Crippen molar-refractivity contribution in [2.75, 3.05) is 11.9 Å². The lowest BCUT2D eigenvalue weighted by atomic mass is 9.73. The van der Waals surface area contributed by atoms with Gasteiger partial charge in [0.25, 0.3) is 0 Å². The molecule has 3 rings (SSSR count). The monoisotopic (exact) mass is 266 g/mol. The van der Waals surface area contributed by atoms with E-state index in [1.807, 2.05) is 18.2 Å². The fourth-order valence-corrected chi connectivity index (χ4v) is 2.59. The molecule has 0 amide bonds. The largest absolute Gasteiger partial charge is 0.384 e. The first-order chi connectivity index (χ1) is 9.78. The Balaban J connectivity index is 1.78. The lowest BCUT2D eigenvalue weighted by Gasteiger charge is -2.34. The van der Waals surface area contributed by atoms with Crippen LogP contribution < -0.4 is 5.32 Å². The molecule has 1 aliphatic rings. The minimum absolute atomic E-state index is 0.0263. The highest BCUT2D eigenvalue weighted by Gasteiger charge is 2.34. The first-order valence-electron chi connectivity index (χ1n) is 6.78. The van der Waals surface area contributed by atoms with Crippen molar-refractivity contribution in [3.05, 3.63) is 66.5 Å². The average molecular weight is 266 g/mol. The molecule has 1 aromatic heterocycles. The van der Waals surface area contributed by atoms with E-state index in [2.05, 4.69) is 64.1 Å². The van der Waals surface area contributed by atoms with Gasteiger partial charge in [0, 0.05) is 23.6 Å². The average Bonchev–Trinajstić information content (AvgIpc) is 3.01. The van der Waals surface area contributed by atoms with Crippen LogP contribution in [0, 0.1) is 5.41 Å². The van der Waals surface area contributed by atoms with Crippen LogP contribution in [0.3, 0.4) is 0 Å². The smallest absolute Gasteiger partial charge is 0.0902 e. The molecule has 0 fully saturated rings. The van der Waals surface area contributed by atoms with E-state index in [1.54, 1.807) is 6.20 Å². The number of rotatable bonds is 4. The van der Waals surface area contributed by atoms with Crippen molar-refractivity contribution < 1.29 is 0 Å². The van der Waals surface area contributed by atoms with Crippen molar-refractivity contribution in [3.8, 4) is 0 Å². The first kappa shape index (κ1) is 12.7. The van der Waals surface area contributed by atoms with Gasteiger partial charge in [-0.25, -0.2) is 0 Å². The van der Waals surface area contributed by atoms with Crippen LogP contribution in [0.15, 0.2) is 60.8 Å². The molecule has 1 heterocycles. The van der Waals surface area contributed by atoms with Crippen LogP contribution in [-0.4, -0.2) is 22.0 Å². The summed E-state index contributed by atoms with van der Waals surface area (Å²) in [6, 6.07) is 10.3. The number of aromatic nitrogens is 3. The van der Waals surface area contributed by atoms with Crippen molar-refractivity contribution in [1.82, 2.24) is 15.4 Å². The Hall–Kier alpha value is -2.36. The molecule has 0 bridgehead atoms. The molecule has 0 radical (unpaired) electrons. The van der Waals surface area contributed by atoms with Gasteiger partial charge in [-0.15, -0.1) is 0 Å². The lowest BCUT2D eigenvalue weighted by Crippen LogP contribution is -2.32. The molecule has 0 aliphatic heterocycles. The molecule has 0 spiro atoms. The minimum Gasteiger partial charge on any atom is -0.384 e. The van der Waals surface area contributed by atoms with E-state index in [1.165, 1.54) is 0 Å². The molecule has 2 aromatic rings. The Morgan fingerprint density at radius 3 is 2.85 bits per heavy atom. The van der Waals surface area contributed by atoms with Crippen molar-refractivity contribution in [3.63, 3.8) is 0 Å². The third-order valence-electron chi connectivity index (χ3n) is 3.80. The molecule has 4 nitrogen and oxygen atoms in total. The Labute approximate surface area is 118 Å². The number of H-pyrrole nitrogens is 1. The van der Waals surface area contributed by atoms with Crippen molar-refractivity contribution in [2.24, 2.45) is 5.41 Å². The quantitative estimate of drug-likeness (QED) is 0.894. The topological polar surface area (TPSA) is 53.6 Å². The van der Waals surface area contributed by atoms with E-state index in [4.69, 9.17) is 0 Å². The minimum atomic E-state index is -0.0263. The fourth-order valence-electron chi connectivity index (χ4n) is 2.59. The van der Waals surface area contributed by atoms with Crippen LogP contribution >= 0.6 is 0 Å². The third kappa shape index (κ3) is 2.50. The number of benzene rings is 1. The Kier molecular flexibility index (Phi) is 3.37. The number of nitrogens with zero attached hydrogens (tertiary/aromatic N) is 2. The summed E-state index contributed by atoms with van der Waals surface area (Å²) in [5.41, 5.74) is 2.08. The zero-order valence-corrected chi connectivity index (χ0v) is 11.5. The number of allylic oxidation sites excluding steroid dienone is 3. The SMILES string of the molecule is CC1(CNc2ccccc2)C=CC=CC1c1cn[nH]n1. The van der Waals surface area contributed by atoms with Gasteiger partial charge in [-0.05, 0) is 12.1 Å². The van der Waals surface area contributed by atoms with Crippen molar-refractivity contribution in [1.29, 1.82) is 0 Å². The molecule has 0 saturated carbocycles. The molecule has 4 heteroatoms. The maximum Gasteiger partial charge on any atom is 0.0902 e. The van der Waals surface area contributed by atoms with Gasteiger partial charge >= 0.3 is 0 Å². The molecule has 2 unspecified atom stereocenters. The summed E-state index contributed by atoms with van der Waals surface area (Å²) in [5, 5.41) is 14.4. The van der Waals surface area contributed by atoms with Gasteiger partial charge in [-0.2, -0.15) is 15.4 Å². The predicted octanol–water partition coefficient (Wildman–Crippen LogP) is 3.13. The predicted molar refractivity (Wildman–Crippen MR) is 80.4 cm³/mol. The third-order valence-corrected chi connectivity index (χ3v) is 3.80. The molecule has 1 aliphatic carbocycles. The van der Waals surface area contributed by atoms with Crippen LogP contribution in [-0.2, 0) is 0 Å². The Morgan fingerprint density at radius 2 is 2.10 bits per heavy atom. The summed E-state index contributed by atoms with van der Waals surface area (Å²) in [4.78, 5) is 0. The molecule has 20 heavy (non-hydrogen) atoms. The number of para-hydroxylation sites is 1. The van der Waals surface area contributed by atoms with E-state index < -0.39 is 0 Å². The molecular formula is C16H18N4. The Bertz CT molecular complexity index is 601. The first-order valence-corrected chi connectivity index (χ1v) is 6.78. The second-order valence-electron chi connectivity index (χ2n) is 5.34. The zero-order valence-electron chi connectivity index (χ0n) is 11.5. The molecule has 0 saturated heterocycles. The number of aromatic amines is 1. The summed E-state index contributed by atoms with van der Waals surface area (Å²) in [5.74, 6) is 0.225. The second-order valence-corrected chi connectivity index (χ2v) is 5.34. The Morgan fingerprint density at radius 1 is 1.25 bits per heavy atom. The molecular weight excluding hydrogens is 248 g/mol. The van der Waals surface area contributed by atoms with Gasteiger partial charge in [0.05, 0.1) is 11.9 Å². The highest BCUT2D eigenvalue weighted by atomic mass is 15.3. The van der Waals surface area contributed by atoms with Gasteiger partial charge in [0.15, 0.2) is 0 Å². The number of hydrogen-bond acceptors (Lipinski definition) is 3. The molecule has 102 valence electrons. The standard InChI is InChI=1S/C16H18N4/c1-16(12-17-13-7-3-2-4-8-13)10-6-5-9-14(16)15-11-18-20-19-15/h2-11,14,17H,12H2,1H3,(H,18,19,20). The van der Waals surface area contributed by atoms with Gasteiger partial charge in [-0.3, -0.25) is 0 Å². The lowest BCUT2D eigenvalue weighted by molar-refractivity contribution is 0.395. The van der Waals surface area contributed by atoms with Gasteiger partial charge in [-0.1, -0.05) is 49.4 Å². The molecule has 2 N–H and O–H groups in total. The van der Waals surface area contributed by atoms with Crippen molar-refractivity contribution in [2.45, 2.75) is 12.8 Å². The van der Waals surface area contributed by atoms with Crippen LogP contribution in [0.1, 0.15) is 18.5 Å². The maximum atomic E-state index is 4.24. The summed E-state index contributed by atoms with van der Waals surface area (Å²) in [7, 11) is 0.